The molecule has 0 fully saturated rings. The highest BCUT2D eigenvalue weighted by atomic mass is 16.5. The van der Waals surface area contributed by atoms with Gasteiger partial charge in [-0.2, -0.15) is 0 Å². The van der Waals surface area contributed by atoms with E-state index in [4.69, 9.17) is 4.74 Å². The molecular formula is C19H19N3O5. The molecule has 8 heteroatoms. The van der Waals surface area contributed by atoms with Gasteiger partial charge in [0.25, 0.3) is 5.91 Å². The Labute approximate surface area is 155 Å². The van der Waals surface area contributed by atoms with Crippen LogP contribution < -0.4 is 16.0 Å². The van der Waals surface area contributed by atoms with Gasteiger partial charge in [-0.15, -0.1) is 0 Å². The van der Waals surface area contributed by atoms with Gasteiger partial charge in [-0.05, 0) is 24.3 Å². The van der Waals surface area contributed by atoms with Crippen LogP contribution in [0.25, 0.3) is 0 Å². The average molecular weight is 369 g/mol. The van der Waals surface area contributed by atoms with Crippen molar-refractivity contribution in [1.82, 2.24) is 10.6 Å². The zero-order valence-electron chi connectivity index (χ0n) is 14.8. The number of carbonyl (C=O) groups is 4. The molecule has 0 saturated carbocycles. The van der Waals surface area contributed by atoms with E-state index in [0.717, 1.165) is 0 Å². The van der Waals surface area contributed by atoms with Crippen LogP contribution in [0, 0.1) is 0 Å². The molecule has 0 aliphatic carbocycles. The fourth-order valence-corrected chi connectivity index (χ4v) is 2.21. The first-order chi connectivity index (χ1) is 12.9. The lowest BCUT2D eigenvalue weighted by Gasteiger charge is -2.17. The average Bonchev–Trinajstić information content (AvgIpc) is 2.66. The Morgan fingerprint density at radius 3 is 2.11 bits per heavy atom. The third-order valence-corrected chi connectivity index (χ3v) is 3.47. The number of anilines is 1. The van der Waals surface area contributed by atoms with Gasteiger partial charge in [0.1, 0.15) is 0 Å². The van der Waals surface area contributed by atoms with Gasteiger partial charge in [-0.1, -0.05) is 30.3 Å². The topological polar surface area (TPSA) is 114 Å². The molecule has 2 rings (SSSR count). The first-order valence-electron chi connectivity index (χ1n) is 8.07. The third-order valence-electron chi connectivity index (χ3n) is 3.47. The van der Waals surface area contributed by atoms with Crippen LogP contribution in [0.5, 0.6) is 0 Å². The quantitative estimate of drug-likeness (QED) is 0.698. The minimum atomic E-state index is -1.30. The van der Waals surface area contributed by atoms with Crippen LogP contribution in [0.1, 0.15) is 28.9 Å². The van der Waals surface area contributed by atoms with Gasteiger partial charge in [0.2, 0.25) is 12.0 Å². The van der Waals surface area contributed by atoms with Crippen LogP contribution in [0.3, 0.4) is 0 Å². The first kappa shape index (κ1) is 19.6. The molecule has 140 valence electrons. The molecular weight excluding hydrogens is 350 g/mol. The zero-order valence-corrected chi connectivity index (χ0v) is 14.8. The lowest BCUT2D eigenvalue weighted by molar-refractivity contribution is -0.129. The Balaban J connectivity index is 2.18. The van der Waals surface area contributed by atoms with Crippen molar-refractivity contribution in [3.63, 3.8) is 0 Å². The fourth-order valence-electron chi connectivity index (χ4n) is 2.21. The summed E-state index contributed by atoms with van der Waals surface area (Å²) in [6, 6.07) is 13.6. The molecule has 0 radical (unpaired) electrons. The number of urea groups is 1. The van der Waals surface area contributed by atoms with Crippen LogP contribution >= 0.6 is 0 Å². The number of rotatable bonds is 5. The highest BCUT2D eigenvalue weighted by Gasteiger charge is 2.26. The summed E-state index contributed by atoms with van der Waals surface area (Å²) in [5.74, 6) is -1.76. The van der Waals surface area contributed by atoms with Crippen molar-refractivity contribution in [2.45, 2.75) is 13.0 Å². The van der Waals surface area contributed by atoms with E-state index in [0.29, 0.717) is 11.3 Å². The molecule has 3 N–H and O–H groups in total. The minimum absolute atomic E-state index is 0.192. The molecule has 0 heterocycles. The summed E-state index contributed by atoms with van der Waals surface area (Å²) < 4.78 is 5.33. The molecule has 0 unspecified atom stereocenters. The number of benzene rings is 2. The molecule has 2 aromatic rings. The van der Waals surface area contributed by atoms with Gasteiger partial charge < -0.3 is 15.4 Å². The lowest BCUT2D eigenvalue weighted by atomic mass is 10.1. The number of imide groups is 1. The van der Waals surface area contributed by atoms with Gasteiger partial charge in [0.15, 0.2) is 0 Å². The number of esters is 1. The largest absolute Gasteiger partial charge is 0.444 e. The van der Waals surface area contributed by atoms with Gasteiger partial charge in [0.05, 0.1) is 5.56 Å². The summed E-state index contributed by atoms with van der Waals surface area (Å²) in [6.07, 6.45) is -1.30. The number of amides is 4. The van der Waals surface area contributed by atoms with Crippen molar-refractivity contribution in [2.24, 2.45) is 0 Å². The molecule has 0 spiro atoms. The van der Waals surface area contributed by atoms with Crippen molar-refractivity contribution >= 4 is 29.5 Å². The molecule has 8 nitrogen and oxygen atoms in total. The summed E-state index contributed by atoms with van der Waals surface area (Å²) in [5, 5.41) is 6.95. The molecule has 27 heavy (non-hydrogen) atoms. The maximum atomic E-state index is 12.4. The van der Waals surface area contributed by atoms with E-state index in [1.54, 1.807) is 42.5 Å². The Hall–Kier alpha value is -3.68. The zero-order chi connectivity index (χ0) is 19.8. The standard InChI is InChI=1S/C19H19N3O5/c1-12(23)21-15-10-8-14(9-11-15)18(25)27-16(13-6-4-3-5-7-13)17(24)22-19(26)20-2/h3-11,16H,1-2H3,(H,21,23)(H2,20,22,24,26)/t16-/m0/s1. The highest BCUT2D eigenvalue weighted by Crippen LogP contribution is 2.20. The van der Waals surface area contributed by atoms with E-state index in [1.165, 1.54) is 26.1 Å². The van der Waals surface area contributed by atoms with E-state index in [2.05, 4.69) is 16.0 Å². The second-order valence-electron chi connectivity index (χ2n) is 5.52. The molecule has 0 aromatic heterocycles. The van der Waals surface area contributed by atoms with Crippen LogP contribution in [-0.2, 0) is 14.3 Å². The SMILES string of the molecule is CNC(=O)NC(=O)[C@@H](OC(=O)c1ccc(NC(C)=O)cc1)c1ccccc1. The summed E-state index contributed by atoms with van der Waals surface area (Å²) >= 11 is 0. The van der Waals surface area contributed by atoms with Gasteiger partial charge in [-0.25, -0.2) is 9.59 Å². The first-order valence-corrected chi connectivity index (χ1v) is 8.07. The van der Waals surface area contributed by atoms with Crippen molar-refractivity contribution in [3.8, 4) is 0 Å². The normalized spacial score (nSPS) is 11.0. The van der Waals surface area contributed by atoms with Crippen molar-refractivity contribution in [2.75, 3.05) is 12.4 Å². The Morgan fingerprint density at radius 2 is 1.56 bits per heavy atom. The summed E-state index contributed by atoms with van der Waals surface area (Å²) in [6.45, 7) is 1.37. The van der Waals surface area contributed by atoms with E-state index < -0.39 is 24.0 Å². The van der Waals surface area contributed by atoms with Crippen LogP contribution in [0.2, 0.25) is 0 Å². The smallest absolute Gasteiger partial charge is 0.339 e. The number of nitrogens with one attached hydrogen (secondary N) is 3. The molecule has 4 amide bonds. The maximum absolute atomic E-state index is 12.4. The molecule has 0 bridgehead atoms. The lowest BCUT2D eigenvalue weighted by Crippen LogP contribution is -2.41. The van der Waals surface area contributed by atoms with Gasteiger partial charge in [-0.3, -0.25) is 14.9 Å². The van der Waals surface area contributed by atoms with E-state index >= 15 is 0 Å². The fraction of sp³-hybridized carbons (Fsp3) is 0.158. The third kappa shape index (κ3) is 5.67. The van der Waals surface area contributed by atoms with Gasteiger partial charge >= 0.3 is 12.0 Å². The van der Waals surface area contributed by atoms with Crippen molar-refractivity contribution in [3.05, 3.63) is 65.7 Å². The molecule has 2 aromatic carbocycles. The van der Waals surface area contributed by atoms with Gasteiger partial charge in [0, 0.05) is 25.2 Å². The monoisotopic (exact) mass is 369 g/mol. The minimum Gasteiger partial charge on any atom is -0.444 e. The van der Waals surface area contributed by atoms with Crippen LogP contribution in [-0.4, -0.2) is 30.9 Å². The maximum Gasteiger partial charge on any atom is 0.339 e. The Kier molecular flexibility index (Phi) is 6.65. The number of ether oxygens (including phenoxy) is 1. The highest BCUT2D eigenvalue weighted by molar-refractivity contribution is 5.99. The number of hydrogen-bond donors (Lipinski definition) is 3. The van der Waals surface area contributed by atoms with Crippen molar-refractivity contribution in [1.29, 1.82) is 0 Å². The van der Waals surface area contributed by atoms with E-state index in [-0.39, 0.29) is 11.5 Å². The molecule has 0 aliphatic rings. The van der Waals surface area contributed by atoms with Crippen molar-refractivity contribution < 1.29 is 23.9 Å². The molecule has 1 atom stereocenters. The predicted molar refractivity (Wildman–Crippen MR) is 97.9 cm³/mol. The number of hydrogen-bond acceptors (Lipinski definition) is 5. The van der Waals surface area contributed by atoms with Crippen LogP contribution in [0.15, 0.2) is 54.6 Å². The summed E-state index contributed by atoms with van der Waals surface area (Å²) in [5.41, 5.74) is 1.14. The molecule has 0 aliphatic heterocycles. The van der Waals surface area contributed by atoms with Crippen LogP contribution in [0.4, 0.5) is 10.5 Å². The molecule has 0 saturated heterocycles. The predicted octanol–water partition coefficient (Wildman–Crippen LogP) is 2.00. The summed E-state index contributed by atoms with van der Waals surface area (Å²) in [4.78, 5) is 47.3. The van der Waals surface area contributed by atoms with E-state index in [9.17, 15) is 19.2 Å². The second kappa shape index (κ2) is 9.14. The Bertz CT molecular complexity index is 834. The summed E-state index contributed by atoms with van der Waals surface area (Å²) in [7, 11) is 1.36. The second-order valence-corrected chi connectivity index (χ2v) is 5.52. The number of carbonyl (C=O) groups excluding carboxylic acids is 4. The Morgan fingerprint density at radius 1 is 0.926 bits per heavy atom. The van der Waals surface area contributed by atoms with E-state index in [1.807, 2.05) is 0 Å².